The standard InChI is InChI=1S/C21H16N2O5/c1-26-21(25)18-10-9-15(28-18)12-27-14-6-4-5-13(11-14)19-22-17-8-3-2-7-16(17)20(24)23-19/h2-11H,12H2,1H3,(H,22,23,24). The van der Waals surface area contributed by atoms with E-state index in [2.05, 4.69) is 14.7 Å². The normalized spacial score (nSPS) is 10.8. The summed E-state index contributed by atoms with van der Waals surface area (Å²) in [5, 5.41) is 0.540. The van der Waals surface area contributed by atoms with Crippen LogP contribution in [0.25, 0.3) is 22.3 Å². The first-order valence-electron chi connectivity index (χ1n) is 8.53. The van der Waals surface area contributed by atoms with E-state index in [1.54, 1.807) is 36.4 Å². The van der Waals surface area contributed by atoms with Gasteiger partial charge in [-0.3, -0.25) is 4.79 Å². The highest BCUT2D eigenvalue weighted by Crippen LogP contribution is 2.22. The Balaban J connectivity index is 1.56. The van der Waals surface area contributed by atoms with Crippen LogP contribution in [0.15, 0.2) is 69.9 Å². The Morgan fingerprint density at radius 3 is 2.82 bits per heavy atom. The molecule has 2 aromatic carbocycles. The fourth-order valence-electron chi connectivity index (χ4n) is 2.78. The Bertz CT molecular complexity index is 1210. The van der Waals surface area contributed by atoms with Gasteiger partial charge in [0, 0.05) is 5.56 Å². The Hall–Kier alpha value is -3.87. The van der Waals surface area contributed by atoms with E-state index in [0.717, 1.165) is 5.56 Å². The number of methoxy groups -OCH3 is 1. The third-order valence-electron chi connectivity index (χ3n) is 4.15. The van der Waals surface area contributed by atoms with Crippen LogP contribution < -0.4 is 10.3 Å². The molecule has 7 heteroatoms. The molecule has 2 heterocycles. The molecule has 4 rings (SSSR count). The van der Waals surface area contributed by atoms with Crippen LogP contribution in [0.3, 0.4) is 0 Å². The zero-order valence-electron chi connectivity index (χ0n) is 15.0. The first-order valence-corrected chi connectivity index (χ1v) is 8.53. The Kier molecular flexibility index (Phi) is 4.63. The highest BCUT2D eigenvalue weighted by molar-refractivity contribution is 5.86. The van der Waals surface area contributed by atoms with Crippen molar-refractivity contribution in [2.45, 2.75) is 6.61 Å². The van der Waals surface area contributed by atoms with Crippen LogP contribution in [0, 0.1) is 0 Å². The molecular weight excluding hydrogens is 360 g/mol. The van der Waals surface area contributed by atoms with Crippen LogP contribution in [0.4, 0.5) is 0 Å². The zero-order chi connectivity index (χ0) is 19.5. The number of carbonyl (C=O) groups excluding carboxylic acids is 1. The first kappa shape index (κ1) is 17.5. The molecule has 0 aliphatic rings. The summed E-state index contributed by atoms with van der Waals surface area (Å²) in [5.41, 5.74) is 1.14. The molecule has 140 valence electrons. The van der Waals surface area contributed by atoms with Gasteiger partial charge in [-0.05, 0) is 36.4 Å². The number of furan rings is 1. The molecule has 0 saturated heterocycles. The van der Waals surface area contributed by atoms with Crippen molar-refractivity contribution >= 4 is 16.9 Å². The molecule has 0 bridgehead atoms. The van der Waals surface area contributed by atoms with Crippen LogP contribution in [-0.4, -0.2) is 23.0 Å². The van der Waals surface area contributed by atoms with Gasteiger partial charge in [0.25, 0.3) is 5.56 Å². The molecule has 0 atom stereocenters. The topological polar surface area (TPSA) is 94.4 Å². The maximum Gasteiger partial charge on any atom is 0.373 e. The Labute approximate surface area is 159 Å². The van der Waals surface area contributed by atoms with E-state index in [9.17, 15) is 9.59 Å². The second-order valence-electron chi connectivity index (χ2n) is 6.01. The highest BCUT2D eigenvalue weighted by Gasteiger charge is 2.12. The van der Waals surface area contributed by atoms with Crippen molar-refractivity contribution in [3.8, 4) is 17.1 Å². The minimum atomic E-state index is -0.542. The predicted molar refractivity (Wildman–Crippen MR) is 102 cm³/mol. The number of esters is 1. The summed E-state index contributed by atoms with van der Waals surface area (Å²) in [6.45, 7) is 0.141. The zero-order valence-corrected chi connectivity index (χ0v) is 15.0. The number of fused-ring (bicyclic) bond motifs is 1. The van der Waals surface area contributed by atoms with Crippen LogP contribution in [0.5, 0.6) is 5.75 Å². The van der Waals surface area contributed by atoms with E-state index in [4.69, 9.17) is 9.15 Å². The van der Waals surface area contributed by atoms with E-state index in [1.807, 2.05) is 18.2 Å². The number of ether oxygens (including phenoxy) is 2. The van der Waals surface area contributed by atoms with Crippen molar-refractivity contribution in [1.29, 1.82) is 0 Å². The molecule has 0 saturated carbocycles. The van der Waals surface area contributed by atoms with Gasteiger partial charge in [-0.2, -0.15) is 0 Å². The van der Waals surface area contributed by atoms with Crippen molar-refractivity contribution in [3.63, 3.8) is 0 Å². The van der Waals surface area contributed by atoms with Crippen LogP contribution in [0.1, 0.15) is 16.3 Å². The summed E-state index contributed by atoms with van der Waals surface area (Å²) in [4.78, 5) is 31.0. The number of para-hydroxylation sites is 1. The Morgan fingerprint density at radius 1 is 1.11 bits per heavy atom. The van der Waals surface area contributed by atoms with Crippen molar-refractivity contribution in [1.82, 2.24) is 9.97 Å². The lowest BCUT2D eigenvalue weighted by atomic mass is 10.2. The molecule has 2 aromatic heterocycles. The number of hydrogen-bond acceptors (Lipinski definition) is 6. The molecular formula is C21H16N2O5. The molecule has 1 N–H and O–H groups in total. The van der Waals surface area contributed by atoms with Gasteiger partial charge < -0.3 is 18.9 Å². The molecule has 7 nitrogen and oxygen atoms in total. The molecule has 0 unspecified atom stereocenters. The van der Waals surface area contributed by atoms with E-state index < -0.39 is 5.97 Å². The summed E-state index contributed by atoms with van der Waals surface area (Å²) in [7, 11) is 1.29. The summed E-state index contributed by atoms with van der Waals surface area (Å²) < 4.78 is 15.7. The number of hydrogen-bond donors (Lipinski definition) is 1. The number of H-pyrrole nitrogens is 1. The van der Waals surface area contributed by atoms with Crippen LogP contribution in [-0.2, 0) is 11.3 Å². The van der Waals surface area contributed by atoms with Crippen LogP contribution in [0.2, 0.25) is 0 Å². The summed E-state index contributed by atoms with van der Waals surface area (Å²) >= 11 is 0. The average molecular weight is 376 g/mol. The second kappa shape index (κ2) is 7.40. The number of rotatable bonds is 5. The molecule has 0 spiro atoms. The number of carbonyl (C=O) groups is 1. The fraction of sp³-hybridized carbons (Fsp3) is 0.0952. The molecule has 0 amide bonds. The fourth-order valence-corrected chi connectivity index (χ4v) is 2.78. The molecule has 0 aliphatic carbocycles. The molecule has 4 aromatic rings. The molecule has 0 fully saturated rings. The van der Waals surface area contributed by atoms with Gasteiger partial charge in [-0.15, -0.1) is 0 Å². The van der Waals surface area contributed by atoms with Crippen molar-refractivity contribution < 1.29 is 18.7 Å². The largest absolute Gasteiger partial charge is 0.486 e. The SMILES string of the molecule is COC(=O)c1ccc(COc2cccc(-c3nc4ccccc4c(=O)[nH]3)c2)o1. The summed E-state index contributed by atoms with van der Waals surface area (Å²) in [6.07, 6.45) is 0. The average Bonchev–Trinajstić information content (AvgIpc) is 3.21. The quantitative estimate of drug-likeness (QED) is 0.535. The van der Waals surface area contributed by atoms with Crippen molar-refractivity contribution in [2.24, 2.45) is 0 Å². The van der Waals surface area contributed by atoms with E-state index in [1.165, 1.54) is 13.2 Å². The molecule has 0 radical (unpaired) electrons. The lowest BCUT2D eigenvalue weighted by molar-refractivity contribution is 0.0561. The predicted octanol–water partition coefficient (Wildman–Crippen LogP) is 3.55. The van der Waals surface area contributed by atoms with Gasteiger partial charge >= 0.3 is 5.97 Å². The maximum absolute atomic E-state index is 12.3. The summed E-state index contributed by atoms with van der Waals surface area (Å²) in [5.74, 6) is 1.10. The van der Waals surface area contributed by atoms with E-state index >= 15 is 0 Å². The lowest BCUT2D eigenvalue weighted by Gasteiger charge is -2.07. The van der Waals surface area contributed by atoms with Gasteiger partial charge in [-0.25, -0.2) is 9.78 Å². The van der Waals surface area contributed by atoms with Crippen molar-refractivity contribution in [2.75, 3.05) is 7.11 Å². The minimum absolute atomic E-state index is 0.118. The van der Waals surface area contributed by atoms with Gasteiger partial charge in [0.2, 0.25) is 5.76 Å². The first-order chi connectivity index (χ1) is 13.6. The summed E-state index contributed by atoms with van der Waals surface area (Å²) in [6, 6.07) is 17.6. The van der Waals surface area contributed by atoms with Gasteiger partial charge in [0.1, 0.15) is 23.9 Å². The van der Waals surface area contributed by atoms with E-state index in [0.29, 0.717) is 28.2 Å². The smallest absolute Gasteiger partial charge is 0.373 e. The van der Waals surface area contributed by atoms with Gasteiger partial charge in [-0.1, -0.05) is 24.3 Å². The maximum atomic E-state index is 12.3. The number of nitrogens with one attached hydrogen (secondary N) is 1. The number of benzene rings is 2. The monoisotopic (exact) mass is 376 g/mol. The van der Waals surface area contributed by atoms with Crippen molar-refractivity contribution in [3.05, 3.63) is 82.5 Å². The Morgan fingerprint density at radius 2 is 1.96 bits per heavy atom. The molecule has 28 heavy (non-hydrogen) atoms. The van der Waals surface area contributed by atoms with Crippen LogP contribution >= 0.6 is 0 Å². The number of nitrogens with zero attached hydrogens (tertiary/aromatic N) is 1. The van der Waals surface area contributed by atoms with Gasteiger partial charge in [0.15, 0.2) is 0 Å². The third-order valence-corrected chi connectivity index (χ3v) is 4.15. The van der Waals surface area contributed by atoms with E-state index in [-0.39, 0.29) is 17.9 Å². The third kappa shape index (κ3) is 3.50. The number of aromatic amines is 1. The molecule has 0 aliphatic heterocycles. The minimum Gasteiger partial charge on any atom is -0.486 e. The second-order valence-corrected chi connectivity index (χ2v) is 6.01. The number of aromatic nitrogens is 2. The van der Waals surface area contributed by atoms with Gasteiger partial charge in [0.05, 0.1) is 18.0 Å². The highest BCUT2D eigenvalue weighted by atomic mass is 16.5. The lowest BCUT2D eigenvalue weighted by Crippen LogP contribution is -2.09.